The zero-order chi connectivity index (χ0) is 21.8. The van der Waals surface area contributed by atoms with Crippen LogP contribution in [0.4, 0.5) is 5.69 Å². The lowest BCUT2D eigenvalue weighted by molar-refractivity contribution is -0.384. The van der Waals surface area contributed by atoms with E-state index in [9.17, 15) is 14.9 Å². The SMILES string of the molecule is CCCCCCSC1=NN2C(=c3ccccc3=N[C@@H]2c2cccc([N+](=O)[O-])c2)C(=O)N1. The molecule has 2 aromatic rings. The molecule has 0 radical (unpaired) electrons. The van der Waals surface area contributed by atoms with Crippen LogP contribution < -0.4 is 15.9 Å². The smallest absolute Gasteiger partial charge is 0.276 e. The predicted molar refractivity (Wildman–Crippen MR) is 120 cm³/mol. The van der Waals surface area contributed by atoms with Crippen LogP contribution in [-0.4, -0.2) is 26.8 Å². The van der Waals surface area contributed by atoms with Gasteiger partial charge in [-0.05, 0) is 12.5 Å². The topological polar surface area (TPSA) is 100 Å². The van der Waals surface area contributed by atoms with Crippen LogP contribution in [0.2, 0.25) is 0 Å². The number of rotatable bonds is 7. The first kappa shape index (κ1) is 21.0. The average molecular weight is 438 g/mol. The van der Waals surface area contributed by atoms with E-state index in [1.54, 1.807) is 17.1 Å². The Morgan fingerprint density at radius 1 is 1.16 bits per heavy atom. The molecule has 2 heterocycles. The van der Waals surface area contributed by atoms with E-state index in [0.29, 0.717) is 27.0 Å². The molecule has 8 nitrogen and oxygen atoms in total. The second-order valence-corrected chi connectivity index (χ2v) is 8.42. The average Bonchev–Trinajstić information content (AvgIpc) is 2.78. The number of hydrogen-bond donors (Lipinski definition) is 1. The molecule has 0 fully saturated rings. The van der Waals surface area contributed by atoms with Gasteiger partial charge in [0.05, 0.1) is 10.3 Å². The first-order chi connectivity index (χ1) is 15.1. The molecular weight excluding hydrogens is 414 g/mol. The minimum atomic E-state index is -0.661. The van der Waals surface area contributed by atoms with Crippen molar-refractivity contribution in [3.63, 3.8) is 0 Å². The number of nitrogens with one attached hydrogen (secondary N) is 1. The van der Waals surface area contributed by atoms with Crippen molar-refractivity contribution in [2.45, 2.75) is 38.8 Å². The highest BCUT2D eigenvalue weighted by Crippen LogP contribution is 2.32. The molecule has 2 aliphatic rings. The number of amidine groups is 1. The van der Waals surface area contributed by atoms with Gasteiger partial charge < -0.3 is 0 Å². The van der Waals surface area contributed by atoms with E-state index in [1.165, 1.54) is 36.7 Å². The molecule has 1 atom stereocenters. The lowest BCUT2D eigenvalue weighted by atomic mass is 10.1. The van der Waals surface area contributed by atoms with Gasteiger partial charge in [0.2, 0.25) is 0 Å². The zero-order valence-electron chi connectivity index (χ0n) is 17.2. The standard InChI is InChI=1S/C22H23N5O3S/c1-2-3-4-7-13-31-22-24-21(28)19-17-11-5-6-12-18(17)23-20(26(19)25-22)15-9-8-10-16(14-15)27(29)30/h5-6,8-12,14,20H,2-4,7,13H2,1H3,(H,24,25,28)/t20-/m0/s1. The summed E-state index contributed by atoms with van der Waals surface area (Å²) in [6.45, 7) is 2.17. The van der Waals surface area contributed by atoms with E-state index in [2.05, 4.69) is 17.3 Å². The van der Waals surface area contributed by atoms with Gasteiger partial charge in [0.25, 0.3) is 11.6 Å². The quantitative estimate of drug-likeness (QED) is 0.408. The van der Waals surface area contributed by atoms with Crippen LogP contribution in [0.1, 0.15) is 44.3 Å². The number of nitro benzene ring substituents is 1. The number of carbonyl (C=O) groups is 1. The van der Waals surface area contributed by atoms with Crippen LogP contribution >= 0.6 is 11.8 Å². The Hall–Kier alpha value is -3.20. The van der Waals surface area contributed by atoms with Gasteiger partial charge in [0.15, 0.2) is 11.3 Å². The molecule has 4 rings (SSSR count). The molecule has 0 spiro atoms. The normalized spacial score (nSPS) is 17.3. The summed E-state index contributed by atoms with van der Waals surface area (Å²) >= 11 is 1.51. The summed E-state index contributed by atoms with van der Waals surface area (Å²) in [4.78, 5) is 28.7. The number of hydrazone groups is 1. The maximum atomic E-state index is 13.1. The third kappa shape index (κ3) is 4.46. The van der Waals surface area contributed by atoms with Crippen LogP contribution in [0.15, 0.2) is 58.6 Å². The minimum absolute atomic E-state index is 0.0240. The molecule has 2 aliphatic heterocycles. The third-order valence-corrected chi connectivity index (χ3v) is 6.08. The maximum absolute atomic E-state index is 13.1. The van der Waals surface area contributed by atoms with Crippen LogP contribution in [0, 0.1) is 10.1 Å². The molecule has 1 amide bonds. The van der Waals surface area contributed by atoms with Crippen LogP contribution in [0.3, 0.4) is 0 Å². The van der Waals surface area contributed by atoms with Gasteiger partial charge in [0.1, 0.15) is 5.70 Å². The number of carbonyl (C=O) groups excluding carboxylic acids is 1. The summed E-state index contributed by atoms with van der Waals surface area (Å²) in [5.74, 6) is 0.612. The minimum Gasteiger partial charge on any atom is -0.298 e. The number of thioether (sulfide) groups is 1. The fourth-order valence-corrected chi connectivity index (χ4v) is 4.46. The van der Waals surface area contributed by atoms with Crippen molar-refractivity contribution in [3.05, 3.63) is 74.8 Å². The Kier molecular flexibility index (Phi) is 6.31. The van der Waals surface area contributed by atoms with Gasteiger partial charge in [-0.2, -0.15) is 0 Å². The Morgan fingerprint density at radius 3 is 2.81 bits per heavy atom. The molecule has 0 bridgehead atoms. The van der Waals surface area contributed by atoms with E-state index in [1.807, 2.05) is 24.3 Å². The van der Waals surface area contributed by atoms with Gasteiger partial charge in [-0.3, -0.25) is 25.2 Å². The summed E-state index contributed by atoms with van der Waals surface area (Å²) in [5, 5.41) is 22.3. The molecule has 160 valence electrons. The molecule has 1 N–H and O–H groups in total. The van der Waals surface area contributed by atoms with E-state index in [-0.39, 0.29) is 11.6 Å². The van der Waals surface area contributed by atoms with E-state index in [4.69, 9.17) is 4.99 Å². The number of nitrogens with zero attached hydrogens (tertiary/aromatic N) is 4. The van der Waals surface area contributed by atoms with Crippen LogP contribution in [0.5, 0.6) is 0 Å². The van der Waals surface area contributed by atoms with Crippen LogP contribution in [-0.2, 0) is 4.79 Å². The molecule has 9 heteroatoms. The fraction of sp³-hybridized carbons (Fsp3) is 0.318. The first-order valence-electron chi connectivity index (χ1n) is 10.3. The van der Waals surface area contributed by atoms with E-state index >= 15 is 0 Å². The highest BCUT2D eigenvalue weighted by Gasteiger charge is 2.34. The van der Waals surface area contributed by atoms with Crippen molar-refractivity contribution in [3.8, 4) is 0 Å². The molecule has 0 aromatic heterocycles. The van der Waals surface area contributed by atoms with Crippen molar-refractivity contribution in [1.82, 2.24) is 10.3 Å². The van der Waals surface area contributed by atoms with Crippen LogP contribution in [0.25, 0.3) is 5.70 Å². The lowest BCUT2D eigenvalue weighted by Crippen LogP contribution is -2.50. The van der Waals surface area contributed by atoms with E-state index in [0.717, 1.165) is 18.6 Å². The number of para-hydroxylation sites is 1. The number of non-ortho nitro benzene ring substituents is 1. The Bertz CT molecular complexity index is 1160. The monoisotopic (exact) mass is 437 g/mol. The summed E-state index contributed by atoms with van der Waals surface area (Å²) in [6.07, 6.45) is 3.89. The van der Waals surface area contributed by atoms with Crippen molar-refractivity contribution in [2.24, 2.45) is 10.1 Å². The predicted octanol–water partition coefficient (Wildman–Crippen LogP) is 3.05. The first-order valence-corrected chi connectivity index (χ1v) is 11.3. The molecule has 0 saturated carbocycles. The molecule has 0 unspecified atom stereocenters. The summed E-state index contributed by atoms with van der Waals surface area (Å²) < 4.78 is 0. The maximum Gasteiger partial charge on any atom is 0.276 e. The summed E-state index contributed by atoms with van der Waals surface area (Å²) in [7, 11) is 0. The van der Waals surface area contributed by atoms with Gasteiger partial charge >= 0.3 is 0 Å². The molecule has 2 aromatic carbocycles. The van der Waals surface area contributed by atoms with Crippen molar-refractivity contribution in [2.75, 3.05) is 5.75 Å². The lowest BCUT2D eigenvalue weighted by Gasteiger charge is -2.34. The summed E-state index contributed by atoms with van der Waals surface area (Å²) in [6, 6.07) is 13.7. The number of nitro groups is 1. The van der Waals surface area contributed by atoms with Crippen molar-refractivity contribution < 1.29 is 9.72 Å². The number of benzene rings is 2. The van der Waals surface area contributed by atoms with Gasteiger partial charge in [-0.1, -0.05) is 68.3 Å². The van der Waals surface area contributed by atoms with Gasteiger partial charge in [-0.15, -0.1) is 5.10 Å². The van der Waals surface area contributed by atoms with Gasteiger partial charge in [0, 0.05) is 28.7 Å². The van der Waals surface area contributed by atoms with Gasteiger partial charge in [-0.25, -0.2) is 5.01 Å². The highest BCUT2D eigenvalue weighted by molar-refractivity contribution is 8.13. The third-order valence-electron chi connectivity index (χ3n) is 5.13. The fourth-order valence-electron chi connectivity index (χ4n) is 3.61. The number of hydrogen-bond acceptors (Lipinski definition) is 7. The second kappa shape index (κ2) is 9.30. The summed E-state index contributed by atoms with van der Waals surface area (Å²) in [5.41, 5.74) is 0.980. The Morgan fingerprint density at radius 2 is 2.00 bits per heavy atom. The number of fused-ring (bicyclic) bond motifs is 2. The van der Waals surface area contributed by atoms with Crippen molar-refractivity contribution >= 4 is 34.2 Å². The molecule has 31 heavy (non-hydrogen) atoms. The van der Waals surface area contributed by atoms with E-state index < -0.39 is 11.1 Å². The number of unbranched alkanes of at least 4 members (excludes halogenated alkanes) is 3. The molecule has 0 saturated heterocycles. The highest BCUT2D eigenvalue weighted by atomic mass is 32.2. The molecule has 0 aliphatic carbocycles. The Labute approximate surface area is 183 Å². The second-order valence-electron chi connectivity index (χ2n) is 7.33. The Balaban J connectivity index is 1.73. The van der Waals surface area contributed by atoms with Crippen molar-refractivity contribution in [1.29, 1.82) is 0 Å². The zero-order valence-corrected chi connectivity index (χ0v) is 18.0. The molecular formula is C22H23N5O3S. The largest absolute Gasteiger partial charge is 0.298 e. The number of amides is 1.